The summed E-state index contributed by atoms with van der Waals surface area (Å²) in [5.74, 6) is 1.75. The van der Waals surface area contributed by atoms with Gasteiger partial charge < -0.3 is 19.3 Å². The average molecular weight is 384 g/mol. The van der Waals surface area contributed by atoms with E-state index in [9.17, 15) is 4.79 Å². The van der Waals surface area contributed by atoms with Crippen molar-refractivity contribution in [2.45, 2.75) is 31.7 Å². The molecule has 1 saturated heterocycles. The highest BCUT2D eigenvalue weighted by atomic mass is 16.2. The zero-order valence-corrected chi connectivity index (χ0v) is 17.6. The number of aryl methyl sites for hydroxylation is 1. The Kier molecular flexibility index (Phi) is 6.73. The zero-order chi connectivity index (χ0) is 20.1. The van der Waals surface area contributed by atoms with Gasteiger partial charge >= 0.3 is 0 Å². The summed E-state index contributed by atoms with van der Waals surface area (Å²) in [6.07, 6.45) is 7.07. The average Bonchev–Trinajstić information content (AvgIpc) is 3.15. The molecular weight excluding hydrogens is 350 g/mol. The third-order valence-electron chi connectivity index (χ3n) is 5.52. The Morgan fingerprint density at radius 1 is 1.14 bits per heavy atom. The van der Waals surface area contributed by atoms with Crippen LogP contribution in [0.25, 0.3) is 0 Å². The van der Waals surface area contributed by atoms with E-state index in [0.29, 0.717) is 5.92 Å². The first-order chi connectivity index (χ1) is 13.5. The van der Waals surface area contributed by atoms with Crippen LogP contribution in [0.1, 0.15) is 41.4 Å². The molecule has 1 aliphatic heterocycles. The second-order valence-electron chi connectivity index (χ2n) is 8.11. The Hall–Kier alpha value is -2.34. The predicted octanol–water partition coefficient (Wildman–Crippen LogP) is 2.92. The summed E-state index contributed by atoms with van der Waals surface area (Å²) in [7, 11) is 8.18. The maximum Gasteiger partial charge on any atom is 0.255 e. The Morgan fingerprint density at radius 2 is 1.86 bits per heavy atom. The smallest absolute Gasteiger partial charge is 0.255 e. The van der Waals surface area contributed by atoms with E-state index in [-0.39, 0.29) is 5.91 Å². The zero-order valence-electron chi connectivity index (χ0n) is 17.6. The lowest BCUT2D eigenvalue weighted by atomic mass is 9.95. The molecule has 1 aliphatic rings. The Balaban J connectivity index is 1.61. The molecule has 1 amide bonds. The number of hydrogen-bond acceptors (Lipinski definition) is 4. The van der Waals surface area contributed by atoms with Crippen molar-refractivity contribution in [3.63, 3.8) is 0 Å². The Labute approximate surface area is 168 Å². The van der Waals surface area contributed by atoms with E-state index < -0.39 is 0 Å². The van der Waals surface area contributed by atoms with Crippen molar-refractivity contribution in [1.82, 2.24) is 19.4 Å². The van der Waals surface area contributed by atoms with Crippen molar-refractivity contribution >= 4 is 11.6 Å². The van der Waals surface area contributed by atoms with Crippen molar-refractivity contribution < 1.29 is 4.79 Å². The minimum Gasteiger partial charge on any atom is -0.377 e. The summed E-state index contributed by atoms with van der Waals surface area (Å²) >= 11 is 0. The van der Waals surface area contributed by atoms with Crippen molar-refractivity contribution in [2.75, 3.05) is 52.7 Å². The van der Waals surface area contributed by atoms with E-state index in [4.69, 9.17) is 0 Å². The highest BCUT2D eigenvalue weighted by Gasteiger charge is 2.28. The fourth-order valence-corrected chi connectivity index (χ4v) is 3.98. The molecule has 0 saturated carbocycles. The van der Waals surface area contributed by atoms with Crippen LogP contribution >= 0.6 is 0 Å². The van der Waals surface area contributed by atoms with Crippen LogP contribution in [0, 0.1) is 0 Å². The summed E-state index contributed by atoms with van der Waals surface area (Å²) in [6.45, 7) is 3.66. The third-order valence-corrected chi connectivity index (χ3v) is 5.52. The van der Waals surface area contributed by atoms with E-state index in [2.05, 4.69) is 34.7 Å². The number of piperidine rings is 1. The minimum atomic E-state index is 0.136. The normalized spacial score (nSPS) is 15.2. The molecule has 2 aromatic rings. The quantitative estimate of drug-likeness (QED) is 0.737. The number of carbonyl (C=O) groups excluding carboxylic acids is 1. The topological polar surface area (TPSA) is 44.6 Å². The molecule has 0 aliphatic carbocycles. The van der Waals surface area contributed by atoms with Crippen LogP contribution in [0.3, 0.4) is 0 Å². The Morgan fingerprint density at radius 3 is 2.54 bits per heavy atom. The highest BCUT2D eigenvalue weighted by Crippen LogP contribution is 2.29. The molecule has 1 aromatic carbocycles. The van der Waals surface area contributed by atoms with Gasteiger partial charge in [-0.15, -0.1) is 0 Å². The summed E-state index contributed by atoms with van der Waals surface area (Å²) in [4.78, 5) is 23.9. The second-order valence-corrected chi connectivity index (χ2v) is 8.11. The molecule has 1 fully saturated rings. The monoisotopic (exact) mass is 383 g/mol. The number of hydrogen-bond donors (Lipinski definition) is 0. The summed E-state index contributed by atoms with van der Waals surface area (Å²) in [6, 6.07) is 7.86. The standard InChI is InChI=1S/C22H33N5O/c1-24(2)13-7-14-26-17-12-23-21(26)18-10-15-27(16-11-18)22(28)19-8-5-6-9-20(19)25(3)4/h5-6,8-9,12,17-18H,7,10-11,13-16H2,1-4H3. The van der Waals surface area contributed by atoms with Gasteiger partial charge in [-0.2, -0.15) is 0 Å². The molecule has 1 aromatic heterocycles. The number of rotatable bonds is 7. The molecule has 0 spiro atoms. The van der Waals surface area contributed by atoms with Crippen LogP contribution in [0.2, 0.25) is 0 Å². The molecule has 0 bridgehead atoms. The van der Waals surface area contributed by atoms with Crippen LogP contribution in [-0.4, -0.2) is 73.1 Å². The van der Waals surface area contributed by atoms with Gasteiger partial charge in [0.25, 0.3) is 5.91 Å². The number of carbonyl (C=O) groups is 1. The van der Waals surface area contributed by atoms with E-state index in [1.165, 1.54) is 5.82 Å². The van der Waals surface area contributed by atoms with Crippen LogP contribution in [-0.2, 0) is 6.54 Å². The van der Waals surface area contributed by atoms with Gasteiger partial charge in [0.1, 0.15) is 5.82 Å². The number of imidazole rings is 1. The van der Waals surface area contributed by atoms with Crippen molar-refractivity contribution in [3.05, 3.63) is 48.0 Å². The first-order valence-corrected chi connectivity index (χ1v) is 10.2. The van der Waals surface area contributed by atoms with Crippen LogP contribution in [0.4, 0.5) is 5.69 Å². The highest BCUT2D eigenvalue weighted by molar-refractivity contribution is 5.99. The SMILES string of the molecule is CN(C)CCCn1ccnc1C1CCN(C(=O)c2ccccc2N(C)C)CC1. The molecule has 152 valence electrons. The molecule has 6 heteroatoms. The minimum absolute atomic E-state index is 0.136. The van der Waals surface area contributed by atoms with Gasteiger partial charge in [0.15, 0.2) is 0 Å². The largest absolute Gasteiger partial charge is 0.377 e. The lowest BCUT2D eigenvalue weighted by molar-refractivity contribution is 0.0711. The van der Waals surface area contributed by atoms with E-state index in [0.717, 1.165) is 56.7 Å². The molecule has 3 rings (SSSR count). The summed E-state index contributed by atoms with van der Waals surface area (Å²) < 4.78 is 2.30. The maximum atomic E-state index is 13.1. The van der Waals surface area contributed by atoms with Crippen molar-refractivity contribution in [2.24, 2.45) is 0 Å². The molecule has 28 heavy (non-hydrogen) atoms. The maximum absolute atomic E-state index is 13.1. The first-order valence-electron chi connectivity index (χ1n) is 10.2. The fourth-order valence-electron chi connectivity index (χ4n) is 3.98. The van der Waals surface area contributed by atoms with Gasteiger partial charge in [-0.25, -0.2) is 4.98 Å². The lowest BCUT2D eigenvalue weighted by Crippen LogP contribution is -2.39. The summed E-state index contributed by atoms with van der Waals surface area (Å²) in [5.41, 5.74) is 1.77. The van der Waals surface area contributed by atoms with Crippen molar-refractivity contribution in [1.29, 1.82) is 0 Å². The Bertz CT molecular complexity index is 775. The molecule has 2 heterocycles. The number of anilines is 1. The van der Waals surface area contributed by atoms with Crippen LogP contribution in [0.15, 0.2) is 36.7 Å². The first kappa shape index (κ1) is 20.4. The van der Waals surface area contributed by atoms with Gasteiger partial charge in [-0.1, -0.05) is 12.1 Å². The van der Waals surface area contributed by atoms with Crippen LogP contribution in [0.5, 0.6) is 0 Å². The number of likely N-dealkylation sites (tertiary alicyclic amines) is 1. The van der Waals surface area contributed by atoms with Gasteiger partial charge in [0.2, 0.25) is 0 Å². The van der Waals surface area contributed by atoms with E-state index in [1.807, 2.05) is 54.4 Å². The van der Waals surface area contributed by atoms with Gasteiger partial charge in [-0.05, 0) is 52.0 Å². The van der Waals surface area contributed by atoms with Gasteiger partial charge in [0.05, 0.1) is 5.56 Å². The molecule has 0 atom stereocenters. The molecule has 6 nitrogen and oxygen atoms in total. The number of benzene rings is 1. The van der Waals surface area contributed by atoms with Gasteiger partial charge in [0, 0.05) is 57.7 Å². The second kappa shape index (κ2) is 9.24. The molecule has 0 radical (unpaired) electrons. The van der Waals surface area contributed by atoms with Crippen LogP contribution < -0.4 is 4.90 Å². The lowest BCUT2D eigenvalue weighted by Gasteiger charge is -2.33. The fraction of sp³-hybridized carbons (Fsp3) is 0.545. The number of amides is 1. The predicted molar refractivity (Wildman–Crippen MR) is 114 cm³/mol. The summed E-state index contributed by atoms with van der Waals surface area (Å²) in [5, 5.41) is 0. The number of para-hydroxylation sites is 1. The van der Waals surface area contributed by atoms with Gasteiger partial charge in [-0.3, -0.25) is 4.79 Å². The molecular formula is C22H33N5O. The third kappa shape index (κ3) is 4.73. The van der Waals surface area contributed by atoms with Crippen molar-refractivity contribution in [3.8, 4) is 0 Å². The van der Waals surface area contributed by atoms with E-state index >= 15 is 0 Å². The number of nitrogens with zero attached hydrogens (tertiary/aromatic N) is 5. The molecule has 0 unspecified atom stereocenters. The number of aromatic nitrogens is 2. The molecule has 0 N–H and O–H groups in total. The van der Waals surface area contributed by atoms with E-state index in [1.54, 1.807) is 0 Å².